The summed E-state index contributed by atoms with van der Waals surface area (Å²) in [5.41, 5.74) is 8.87. The van der Waals surface area contributed by atoms with E-state index < -0.39 is 41.4 Å². The second-order valence-corrected chi connectivity index (χ2v) is 15.3. The first kappa shape index (κ1) is 41.9. The maximum Gasteiger partial charge on any atom is 0.407 e. The van der Waals surface area contributed by atoms with E-state index in [1.54, 1.807) is 51.1 Å². The van der Waals surface area contributed by atoms with Crippen molar-refractivity contribution in [1.82, 2.24) is 15.1 Å². The molecule has 0 aliphatic carbocycles. The largest absolute Gasteiger partial charge is 0.502 e. The summed E-state index contributed by atoms with van der Waals surface area (Å²) in [6.45, 7) is 5.37. The molecule has 0 spiro atoms. The van der Waals surface area contributed by atoms with Gasteiger partial charge in [0.25, 0.3) is 5.91 Å². The number of hydrogen-bond acceptors (Lipinski definition) is 9. The zero-order valence-corrected chi connectivity index (χ0v) is 33.3. The number of phenols is 1. The fourth-order valence-electron chi connectivity index (χ4n) is 6.33. The Balaban J connectivity index is 1.52. The van der Waals surface area contributed by atoms with Crippen LogP contribution in [0.2, 0.25) is 0 Å². The zero-order valence-electron chi connectivity index (χ0n) is 32.5. The number of aromatic hydroxyl groups is 1. The molecule has 5 N–H and O–H groups in total. The lowest BCUT2D eigenvalue weighted by Crippen LogP contribution is -2.55. The molecule has 1 fully saturated rings. The van der Waals surface area contributed by atoms with Crippen molar-refractivity contribution in [1.29, 1.82) is 0 Å². The normalized spacial score (nSPS) is 15.3. The number of carboxylic acid groups (broad SMARTS) is 1. The first-order chi connectivity index (χ1) is 27.2. The number of phenolic OH excluding ortho intramolecular Hbond substituents is 1. The Morgan fingerprint density at radius 1 is 0.930 bits per heavy atom. The number of nitrogens with zero attached hydrogens (tertiary/aromatic N) is 3. The average Bonchev–Trinajstić information content (AvgIpc) is 3.47. The van der Waals surface area contributed by atoms with Crippen molar-refractivity contribution < 1.29 is 38.9 Å². The number of carbonyl (C=O) groups excluding carboxylic acids is 3. The molecule has 298 valence electrons. The van der Waals surface area contributed by atoms with Crippen LogP contribution < -0.4 is 20.5 Å². The predicted octanol–water partition coefficient (Wildman–Crippen LogP) is 6.82. The van der Waals surface area contributed by atoms with E-state index in [-0.39, 0.29) is 53.1 Å². The lowest BCUT2D eigenvalue weighted by Gasteiger charge is -2.34. The summed E-state index contributed by atoms with van der Waals surface area (Å²) in [6.07, 6.45) is 0.728. The number of amides is 4. The number of methoxy groups -OCH3 is 2. The summed E-state index contributed by atoms with van der Waals surface area (Å²) in [5, 5.41) is 23.5. The quantitative estimate of drug-likeness (QED) is 0.0939. The lowest BCUT2D eigenvalue weighted by atomic mass is 9.99. The molecule has 0 radical (unpaired) electrons. The molecule has 0 bridgehead atoms. The van der Waals surface area contributed by atoms with E-state index in [0.29, 0.717) is 11.3 Å². The Labute approximate surface area is 336 Å². The van der Waals surface area contributed by atoms with Crippen molar-refractivity contribution in [3.8, 4) is 28.4 Å². The number of rotatable bonds is 15. The number of nitrogens with one attached hydrogen (secondary N) is 1. The topological polar surface area (TPSA) is 184 Å². The van der Waals surface area contributed by atoms with Gasteiger partial charge in [-0.3, -0.25) is 19.3 Å². The molecule has 4 aromatic rings. The van der Waals surface area contributed by atoms with Crippen LogP contribution >= 0.6 is 11.8 Å². The zero-order chi connectivity index (χ0) is 41.3. The second-order valence-electron chi connectivity index (χ2n) is 14.3. The third-order valence-corrected chi connectivity index (χ3v) is 10.3. The van der Waals surface area contributed by atoms with Gasteiger partial charge in [0, 0.05) is 18.5 Å². The first-order valence-electron chi connectivity index (χ1n) is 18.3. The van der Waals surface area contributed by atoms with Gasteiger partial charge in [-0.15, -0.1) is 0 Å². The number of amidine groups is 1. The number of thioether (sulfide) groups is 1. The van der Waals surface area contributed by atoms with Crippen molar-refractivity contribution in [2.24, 2.45) is 10.7 Å². The number of aliphatic imine (C=N–C) groups is 1. The highest BCUT2D eigenvalue weighted by Gasteiger charge is 2.42. The number of ether oxygens (including phenoxy) is 2. The number of carbonyl (C=O) groups is 4. The van der Waals surface area contributed by atoms with Gasteiger partial charge in [-0.05, 0) is 98.0 Å². The Hall–Kier alpha value is -6.28. The minimum atomic E-state index is -1.24. The van der Waals surface area contributed by atoms with Crippen molar-refractivity contribution in [2.45, 2.75) is 57.7 Å². The van der Waals surface area contributed by atoms with Crippen LogP contribution in [-0.2, 0) is 20.8 Å². The van der Waals surface area contributed by atoms with Crippen molar-refractivity contribution in [3.63, 3.8) is 0 Å². The van der Waals surface area contributed by atoms with Crippen LogP contribution in [0.1, 0.15) is 44.7 Å². The highest BCUT2D eigenvalue weighted by atomic mass is 32.2. The van der Waals surface area contributed by atoms with Crippen LogP contribution in [0.5, 0.6) is 17.2 Å². The Morgan fingerprint density at radius 3 is 2.05 bits per heavy atom. The van der Waals surface area contributed by atoms with E-state index in [1.165, 1.54) is 36.2 Å². The molecule has 2 atom stereocenters. The van der Waals surface area contributed by atoms with Crippen molar-refractivity contribution in [3.05, 3.63) is 113 Å². The van der Waals surface area contributed by atoms with Gasteiger partial charge in [0.05, 0.1) is 24.8 Å². The third kappa shape index (κ3) is 10.5. The second kappa shape index (κ2) is 18.6. The fraction of sp³-hybridized carbons (Fsp3) is 0.279. The molecule has 4 aromatic carbocycles. The number of para-hydroxylation sites is 1. The van der Waals surface area contributed by atoms with Gasteiger partial charge in [0.1, 0.15) is 12.1 Å². The van der Waals surface area contributed by atoms with E-state index >= 15 is 0 Å². The highest BCUT2D eigenvalue weighted by Crippen LogP contribution is 2.41. The van der Waals surface area contributed by atoms with Crippen LogP contribution in [0.4, 0.5) is 10.5 Å². The van der Waals surface area contributed by atoms with Gasteiger partial charge in [0.2, 0.25) is 17.6 Å². The molecule has 1 saturated heterocycles. The first-order valence-corrected chi connectivity index (χ1v) is 19.1. The van der Waals surface area contributed by atoms with Gasteiger partial charge in [-0.1, -0.05) is 72.8 Å². The average molecular weight is 794 g/mol. The Morgan fingerprint density at radius 2 is 1.51 bits per heavy atom. The summed E-state index contributed by atoms with van der Waals surface area (Å²) < 4.78 is 10.6. The molecule has 0 aromatic heterocycles. The molecule has 0 saturated carbocycles. The van der Waals surface area contributed by atoms with Gasteiger partial charge >= 0.3 is 6.09 Å². The molecular formula is C43H47N5O8S. The molecule has 5 rings (SSSR count). The Kier molecular flexibility index (Phi) is 13.6. The number of hydrogen-bond donors (Lipinski definition) is 4. The fourth-order valence-corrected chi connectivity index (χ4v) is 7.37. The van der Waals surface area contributed by atoms with E-state index in [0.717, 1.165) is 28.5 Å². The maximum atomic E-state index is 14.5. The van der Waals surface area contributed by atoms with E-state index in [9.17, 15) is 29.4 Å². The number of nitrogens with two attached hydrogens (primary N) is 1. The molecule has 57 heavy (non-hydrogen) atoms. The van der Waals surface area contributed by atoms with Crippen LogP contribution in [0.15, 0.2) is 107 Å². The molecule has 0 unspecified atom stereocenters. The summed E-state index contributed by atoms with van der Waals surface area (Å²) in [6, 6.07) is 27.0. The molecule has 13 nitrogen and oxygen atoms in total. The van der Waals surface area contributed by atoms with Crippen molar-refractivity contribution >= 4 is 52.5 Å². The summed E-state index contributed by atoms with van der Waals surface area (Å²) in [7, 11) is 2.78. The highest BCUT2D eigenvalue weighted by molar-refractivity contribution is 8.18. The summed E-state index contributed by atoms with van der Waals surface area (Å²) in [5.74, 6) is -1.95. The van der Waals surface area contributed by atoms with E-state index in [1.807, 2.05) is 60.7 Å². The molecule has 1 aliphatic rings. The van der Waals surface area contributed by atoms with Crippen molar-refractivity contribution in [2.75, 3.05) is 20.8 Å². The summed E-state index contributed by atoms with van der Waals surface area (Å²) >= 11 is 1.04. The van der Waals surface area contributed by atoms with Gasteiger partial charge in [-0.25, -0.2) is 9.79 Å². The van der Waals surface area contributed by atoms with Gasteiger partial charge < -0.3 is 35.6 Å². The monoisotopic (exact) mass is 793 g/mol. The standard InChI is InChI=1S/C43H47N5O8S/c1-43(2,3)47(42(53)54)22-12-17-33(39(51)46-32(38(44)50)23-27-18-20-30(21-19-27)29-13-8-6-9-14-29)48-40(52)36(57-41(48)45-31-15-10-7-11-16-31)26-28-24-34(55-4)37(49)35(25-28)56-5/h6-11,13-16,18-21,24-26,32-33,49H,12,17,22-23H2,1-5H3,(H2,44,50)(H,46,51)(H,53,54)/b36-26-,45-41-/t32-,33-/m0/s1. The smallest absolute Gasteiger partial charge is 0.407 e. The molecule has 1 aliphatic heterocycles. The molecule has 1 heterocycles. The number of primary amides is 1. The predicted molar refractivity (Wildman–Crippen MR) is 221 cm³/mol. The maximum absolute atomic E-state index is 14.5. The number of benzene rings is 4. The lowest BCUT2D eigenvalue weighted by molar-refractivity contribution is -0.134. The van der Waals surface area contributed by atoms with Crippen LogP contribution in [0.3, 0.4) is 0 Å². The molecule has 14 heteroatoms. The minimum absolute atomic E-state index is 0.0111. The van der Waals surface area contributed by atoms with E-state index in [4.69, 9.17) is 20.2 Å². The SMILES string of the molecule is COc1cc(/C=C2\S/C(=N\c3ccccc3)N([C@@H](CCCN(C(=O)O)C(C)(C)C)C(=O)N[C@@H](Cc3ccc(-c4ccccc4)cc3)C(N)=O)C2=O)cc(OC)c1O. The minimum Gasteiger partial charge on any atom is -0.502 e. The third-order valence-electron chi connectivity index (χ3n) is 9.29. The van der Waals surface area contributed by atoms with Crippen LogP contribution in [0.25, 0.3) is 17.2 Å². The summed E-state index contributed by atoms with van der Waals surface area (Å²) in [4.78, 5) is 61.7. The van der Waals surface area contributed by atoms with Crippen LogP contribution in [-0.4, -0.2) is 87.4 Å². The van der Waals surface area contributed by atoms with Gasteiger partial charge in [0.15, 0.2) is 16.7 Å². The van der Waals surface area contributed by atoms with E-state index in [2.05, 4.69) is 5.32 Å². The molecular weight excluding hydrogens is 747 g/mol. The van der Waals surface area contributed by atoms with Crippen LogP contribution in [0, 0.1) is 0 Å². The van der Waals surface area contributed by atoms with Gasteiger partial charge in [-0.2, -0.15) is 0 Å². The molecule has 4 amide bonds. The Bertz CT molecular complexity index is 2110.